The number of hydrogen-bond donors (Lipinski definition) is 2. The highest BCUT2D eigenvalue weighted by Crippen LogP contribution is 2.35. The summed E-state index contributed by atoms with van der Waals surface area (Å²) in [5, 5.41) is 18.3. The van der Waals surface area contributed by atoms with Crippen LogP contribution in [0.1, 0.15) is 41.0 Å². The van der Waals surface area contributed by atoms with Gasteiger partial charge in [-0.25, -0.2) is 19.8 Å². The summed E-state index contributed by atoms with van der Waals surface area (Å²) < 4.78 is 15.1. The van der Waals surface area contributed by atoms with Crippen molar-refractivity contribution in [2.75, 3.05) is 0 Å². The van der Waals surface area contributed by atoms with Crippen LogP contribution in [-0.2, 0) is 28.9 Å². The van der Waals surface area contributed by atoms with Crippen molar-refractivity contribution in [2.45, 2.75) is 64.5 Å². The molecule has 1 aliphatic heterocycles. The van der Waals surface area contributed by atoms with Crippen molar-refractivity contribution < 1.29 is 44.0 Å². The van der Waals surface area contributed by atoms with Crippen LogP contribution in [-0.4, -0.2) is 40.0 Å². The van der Waals surface area contributed by atoms with Gasteiger partial charge in [0.2, 0.25) is 0 Å². The summed E-state index contributed by atoms with van der Waals surface area (Å²) in [5.74, 6) is -2.96. The van der Waals surface area contributed by atoms with Gasteiger partial charge in [0.15, 0.2) is 23.5 Å². The minimum Gasteiger partial charge on any atom is -0.419 e. The Kier molecular flexibility index (Phi) is 5.55. The lowest BCUT2D eigenvalue weighted by Crippen LogP contribution is -2.41. The zero-order valence-corrected chi connectivity index (χ0v) is 13.2. The molecule has 1 heterocycles. The molecule has 2 N–H and O–H groups in total. The summed E-state index contributed by atoms with van der Waals surface area (Å²) in [6, 6.07) is 0. The number of rotatable bonds is 8. The summed E-state index contributed by atoms with van der Waals surface area (Å²) >= 11 is 0. The smallest absolute Gasteiger partial charge is 0.419 e. The minimum atomic E-state index is -1.59. The fourth-order valence-corrected chi connectivity index (χ4v) is 1.55. The Morgan fingerprint density at radius 3 is 2.36 bits per heavy atom. The van der Waals surface area contributed by atoms with E-state index >= 15 is 0 Å². The summed E-state index contributed by atoms with van der Waals surface area (Å²) in [5.41, 5.74) is -1.23. The summed E-state index contributed by atoms with van der Waals surface area (Å²) in [7, 11) is 0. The third-order valence-electron chi connectivity index (χ3n) is 2.66. The van der Waals surface area contributed by atoms with Gasteiger partial charge in [-0.1, -0.05) is 6.58 Å². The lowest BCUT2D eigenvalue weighted by Gasteiger charge is -2.32. The Hall–Kier alpha value is -1.23. The van der Waals surface area contributed by atoms with E-state index in [0.29, 0.717) is 0 Å². The SMILES string of the molecule is C=C1OC(=O)OC1(C)CC(OOC(C)(C)O)OC(C)(C)OO. The van der Waals surface area contributed by atoms with Gasteiger partial charge >= 0.3 is 6.16 Å². The summed E-state index contributed by atoms with van der Waals surface area (Å²) in [6.45, 7) is 10.7. The molecule has 1 aliphatic rings. The molecule has 0 spiro atoms. The van der Waals surface area contributed by atoms with Crippen molar-refractivity contribution in [3.63, 3.8) is 0 Å². The third-order valence-corrected chi connectivity index (χ3v) is 2.66. The normalized spacial score (nSPS) is 24.1. The van der Waals surface area contributed by atoms with E-state index in [4.69, 9.17) is 29.2 Å². The average Bonchev–Trinajstić information content (AvgIpc) is 2.58. The predicted molar refractivity (Wildman–Crippen MR) is 70.9 cm³/mol. The van der Waals surface area contributed by atoms with E-state index < -0.39 is 29.6 Å². The van der Waals surface area contributed by atoms with Crippen LogP contribution in [0.5, 0.6) is 0 Å². The largest absolute Gasteiger partial charge is 0.514 e. The van der Waals surface area contributed by atoms with Gasteiger partial charge in [-0.15, -0.1) is 0 Å². The van der Waals surface area contributed by atoms with E-state index in [1.807, 2.05) is 0 Å². The topological polar surface area (TPSA) is 113 Å². The molecule has 1 fully saturated rings. The van der Waals surface area contributed by atoms with Gasteiger partial charge in [0.05, 0.1) is 0 Å². The van der Waals surface area contributed by atoms with Crippen LogP contribution in [0.4, 0.5) is 4.79 Å². The second-order valence-corrected chi connectivity index (χ2v) is 5.98. The maximum absolute atomic E-state index is 11.2. The van der Waals surface area contributed by atoms with Gasteiger partial charge < -0.3 is 19.3 Å². The molecule has 0 aromatic carbocycles. The van der Waals surface area contributed by atoms with Crippen molar-refractivity contribution >= 4 is 6.16 Å². The number of ether oxygens (including phenoxy) is 3. The molecule has 0 aromatic rings. The minimum absolute atomic E-state index is 0.0701. The summed E-state index contributed by atoms with van der Waals surface area (Å²) in [4.78, 5) is 25.1. The first-order valence-electron chi connectivity index (χ1n) is 6.54. The Bertz CT molecular complexity index is 426. The van der Waals surface area contributed by atoms with Crippen LogP contribution in [0.15, 0.2) is 12.3 Å². The van der Waals surface area contributed by atoms with Crippen molar-refractivity contribution in [1.29, 1.82) is 0 Å². The molecule has 0 radical (unpaired) electrons. The Morgan fingerprint density at radius 1 is 1.36 bits per heavy atom. The lowest BCUT2D eigenvalue weighted by atomic mass is 10.0. The van der Waals surface area contributed by atoms with Gasteiger partial charge in [-0.05, 0) is 34.6 Å². The maximum atomic E-state index is 11.2. The molecule has 0 amide bonds. The van der Waals surface area contributed by atoms with Gasteiger partial charge in [-0.2, -0.15) is 4.89 Å². The van der Waals surface area contributed by atoms with Crippen LogP contribution in [0.3, 0.4) is 0 Å². The number of aliphatic hydroxyl groups is 1. The molecule has 0 aromatic heterocycles. The zero-order chi connectivity index (χ0) is 17.2. The van der Waals surface area contributed by atoms with E-state index in [9.17, 15) is 9.90 Å². The third kappa shape index (κ3) is 5.52. The van der Waals surface area contributed by atoms with Crippen LogP contribution in [0.25, 0.3) is 0 Å². The number of carbonyl (C=O) groups is 1. The fourth-order valence-electron chi connectivity index (χ4n) is 1.55. The quantitative estimate of drug-likeness (QED) is 0.300. The average molecular weight is 322 g/mol. The van der Waals surface area contributed by atoms with Crippen molar-refractivity contribution in [3.05, 3.63) is 12.3 Å². The molecule has 0 saturated carbocycles. The van der Waals surface area contributed by atoms with Crippen LogP contribution in [0.2, 0.25) is 0 Å². The van der Waals surface area contributed by atoms with E-state index in [1.165, 1.54) is 34.6 Å². The van der Waals surface area contributed by atoms with Gasteiger partial charge in [0.1, 0.15) is 5.76 Å². The van der Waals surface area contributed by atoms with Crippen molar-refractivity contribution in [1.82, 2.24) is 0 Å². The molecule has 1 rings (SSSR count). The Balaban J connectivity index is 2.81. The number of cyclic esters (lactones) is 2. The van der Waals surface area contributed by atoms with Gasteiger partial charge in [0.25, 0.3) is 0 Å². The van der Waals surface area contributed by atoms with Crippen LogP contribution in [0, 0.1) is 0 Å². The molecule has 2 unspecified atom stereocenters. The molecular formula is C13H22O9. The second-order valence-electron chi connectivity index (χ2n) is 5.98. The lowest BCUT2D eigenvalue weighted by molar-refractivity contribution is -0.497. The molecule has 0 bridgehead atoms. The van der Waals surface area contributed by atoms with Gasteiger partial charge in [-0.3, -0.25) is 0 Å². The van der Waals surface area contributed by atoms with Crippen molar-refractivity contribution in [2.24, 2.45) is 0 Å². The van der Waals surface area contributed by atoms with E-state index in [2.05, 4.69) is 11.5 Å². The zero-order valence-electron chi connectivity index (χ0n) is 13.2. The molecule has 1 saturated heterocycles. The molecule has 2 atom stereocenters. The highest BCUT2D eigenvalue weighted by molar-refractivity contribution is 5.66. The predicted octanol–water partition coefficient (Wildman–Crippen LogP) is 2.06. The number of hydrogen-bond acceptors (Lipinski definition) is 9. The first-order chi connectivity index (χ1) is 9.87. The monoisotopic (exact) mass is 322 g/mol. The molecule has 0 aliphatic carbocycles. The van der Waals surface area contributed by atoms with E-state index in [1.54, 1.807) is 0 Å². The van der Waals surface area contributed by atoms with Crippen molar-refractivity contribution in [3.8, 4) is 0 Å². The second kappa shape index (κ2) is 6.49. The Labute approximate surface area is 128 Å². The molecule has 128 valence electrons. The van der Waals surface area contributed by atoms with Crippen LogP contribution < -0.4 is 0 Å². The van der Waals surface area contributed by atoms with E-state index in [0.717, 1.165) is 0 Å². The highest BCUT2D eigenvalue weighted by Gasteiger charge is 2.46. The fraction of sp³-hybridized carbons (Fsp3) is 0.769. The standard InChI is InChI=1S/C13H22O9/c1-8-13(6,19-10(14)17-8)7-9(18-12(4,5)21-16)20-22-11(2,3)15/h9,15-16H,1,7H2,2-6H3. The maximum Gasteiger partial charge on any atom is 0.514 e. The van der Waals surface area contributed by atoms with Crippen LogP contribution >= 0.6 is 0 Å². The number of carbonyl (C=O) groups excluding carboxylic acids is 1. The molecule has 9 nitrogen and oxygen atoms in total. The summed E-state index contributed by atoms with van der Waals surface area (Å²) in [6.07, 6.45) is -2.15. The van der Waals surface area contributed by atoms with E-state index in [-0.39, 0.29) is 12.2 Å². The molecule has 9 heteroatoms. The first kappa shape index (κ1) is 18.8. The molecular weight excluding hydrogens is 300 g/mol. The van der Waals surface area contributed by atoms with Gasteiger partial charge in [0, 0.05) is 6.42 Å². The Morgan fingerprint density at radius 2 is 1.95 bits per heavy atom. The first-order valence-corrected chi connectivity index (χ1v) is 6.54. The highest BCUT2D eigenvalue weighted by atomic mass is 17.3. The molecule has 22 heavy (non-hydrogen) atoms.